The van der Waals surface area contributed by atoms with Crippen molar-refractivity contribution in [3.05, 3.63) is 41.7 Å². The van der Waals surface area contributed by atoms with E-state index in [2.05, 4.69) is 35.4 Å². The van der Waals surface area contributed by atoms with Gasteiger partial charge >= 0.3 is 0 Å². The van der Waals surface area contributed by atoms with Crippen molar-refractivity contribution in [2.75, 3.05) is 56.1 Å². The predicted molar refractivity (Wildman–Crippen MR) is 121 cm³/mol. The van der Waals surface area contributed by atoms with Crippen molar-refractivity contribution in [3.8, 4) is 5.88 Å². The topological polar surface area (TPSA) is 99.9 Å². The number of aryl methyl sites for hydroxylation is 1. The molecule has 0 aliphatic carbocycles. The summed E-state index contributed by atoms with van der Waals surface area (Å²) >= 11 is 0. The quantitative estimate of drug-likeness (QED) is 0.575. The van der Waals surface area contributed by atoms with Crippen molar-refractivity contribution < 1.29 is 13.9 Å². The second-order valence-electron chi connectivity index (χ2n) is 8.31. The molecule has 0 spiro atoms. The van der Waals surface area contributed by atoms with Crippen molar-refractivity contribution in [3.63, 3.8) is 0 Å². The SMILES string of the molecule is CCOc1nc(N2CC(N3CCNCC3)C2)ncc1C(=O)Nc1cc(F)c2nc(C)cn2c1. The van der Waals surface area contributed by atoms with Gasteiger partial charge in [0.2, 0.25) is 11.8 Å². The van der Waals surface area contributed by atoms with Crippen molar-refractivity contribution in [2.24, 2.45) is 0 Å². The van der Waals surface area contributed by atoms with Crippen molar-refractivity contribution in [1.82, 2.24) is 29.6 Å². The van der Waals surface area contributed by atoms with Crippen LogP contribution in [0, 0.1) is 12.7 Å². The van der Waals surface area contributed by atoms with Gasteiger partial charge in [0.1, 0.15) is 5.56 Å². The standard InChI is InChI=1S/C22H27FN8O2/c1-3-33-21-17(20(32)27-15-8-18(23)19-26-14(2)10-30(19)11-15)9-25-22(28-21)31-12-16(13-31)29-6-4-24-5-7-29/h8-11,16,24H,3-7,12-13H2,1-2H3,(H,27,32). The smallest absolute Gasteiger partial charge is 0.262 e. The zero-order valence-electron chi connectivity index (χ0n) is 18.7. The number of aromatic nitrogens is 4. The Hall–Kier alpha value is -3.31. The van der Waals surface area contributed by atoms with Gasteiger partial charge in [0.25, 0.3) is 5.91 Å². The second-order valence-corrected chi connectivity index (χ2v) is 8.31. The Morgan fingerprint density at radius 1 is 1.27 bits per heavy atom. The molecule has 3 aromatic rings. The Balaban J connectivity index is 1.31. The molecule has 2 saturated heterocycles. The Labute approximate surface area is 190 Å². The minimum Gasteiger partial charge on any atom is -0.477 e. The molecule has 0 bridgehead atoms. The number of hydrogen-bond donors (Lipinski definition) is 2. The molecule has 11 heteroatoms. The van der Waals surface area contributed by atoms with Gasteiger partial charge in [-0.2, -0.15) is 4.98 Å². The Kier molecular flexibility index (Phi) is 5.81. The first-order valence-corrected chi connectivity index (χ1v) is 11.2. The maximum atomic E-state index is 14.4. The number of nitrogens with one attached hydrogen (secondary N) is 2. The molecule has 33 heavy (non-hydrogen) atoms. The first kappa shape index (κ1) is 21.5. The van der Waals surface area contributed by atoms with Gasteiger partial charge in [-0.25, -0.2) is 14.4 Å². The third-order valence-corrected chi connectivity index (χ3v) is 5.96. The second kappa shape index (κ2) is 8.91. The molecule has 0 aromatic carbocycles. The average molecular weight is 455 g/mol. The molecule has 0 atom stereocenters. The first-order chi connectivity index (χ1) is 16.0. The van der Waals surface area contributed by atoms with E-state index in [4.69, 9.17) is 4.74 Å². The maximum Gasteiger partial charge on any atom is 0.262 e. The molecule has 10 nitrogen and oxygen atoms in total. The van der Waals surface area contributed by atoms with E-state index in [0.29, 0.717) is 30.0 Å². The minimum atomic E-state index is -0.519. The highest BCUT2D eigenvalue weighted by atomic mass is 19.1. The lowest BCUT2D eigenvalue weighted by atomic mass is 10.1. The van der Waals surface area contributed by atoms with Gasteiger partial charge in [-0.05, 0) is 13.8 Å². The summed E-state index contributed by atoms with van der Waals surface area (Å²) in [6, 6.07) is 1.73. The van der Waals surface area contributed by atoms with Gasteiger partial charge in [0.05, 0.1) is 18.0 Å². The number of ether oxygens (including phenoxy) is 1. The van der Waals surface area contributed by atoms with Gasteiger partial charge in [-0.3, -0.25) is 9.69 Å². The van der Waals surface area contributed by atoms with E-state index in [9.17, 15) is 9.18 Å². The molecule has 0 radical (unpaired) electrons. The summed E-state index contributed by atoms with van der Waals surface area (Å²) in [6.07, 6.45) is 4.78. The molecule has 2 aliphatic heterocycles. The number of carbonyl (C=O) groups is 1. The summed E-state index contributed by atoms with van der Waals surface area (Å²) in [7, 11) is 0. The molecule has 174 valence electrons. The lowest BCUT2D eigenvalue weighted by Crippen LogP contribution is -2.63. The molecule has 1 amide bonds. The summed E-state index contributed by atoms with van der Waals surface area (Å²) in [5.41, 5.74) is 1.39. The Morgan fingerprint density at radius 3 is 2.82 bits per heavy atom. The first-order valence-electron chi connectivity index (χ1n) is 11.2. The van der Waals surface area contributed by atoms with E-state index in [1.54, 1.807) is 23.7 Å². The highest BCUT2D eigenvalue weighted by molar-refractivity contribution is 6.05. The van der Waals surface area contributed by atoms with Gasteiger partial charge in [0.15, 0.2) is 11.5 Å². The summed E-state index contributed by atoms with van der Waals surface area (Å²) in [5, 5.41) is 6.08. The number of amides is 1. The average Bonchev–Trinajstić information content (AvgIpc) is 3.15. The monoisotopic (exact) mass is 454 g/mol. The van der Waals surface area contributed by atoms with Crippen LogP contribution in [0.5, 0.6) is 5.88 Å². The maximum absolute atomic E-state index is 14.4. The molecule has 2 N–H and O–H groups in total. The van der Waals surface area contributed by atoms with Crippen LogP contribution in [0.25, 0.3) is 5.65 Å². The zero-order valence-corrected chi connectivity index (χ0v) is 18.7. The molecular weight excluding hydrogens is 427 g/mol. The summed E-state index contributed by atoms with van der Waals surface area (Å²) < 4.78 is 21.6. The van der Waals surface area contributed by atoms with Crippen LogP contribution < -0.4 is 20.3 Å². The largest absolute Gasteiger partial charge is 0.477 e. The number of halogens is 1. The highest BCUT2D eigenvalue weighted by Crippen LogP contribution is 2.25. The van der Waals surface area contributed by atoms with Gasteiger partial charge in [0, 0.05) is 70.0 Å². The van der Waals surface area contributed by atoms with Crippen molar-refractivity contribution >= 4 is 23.2 Å². The molecule has 0 saturated carbocycles. The number of imidazole rings is 1. The number of rotatable bonds is 6. The van der Waals surface area contributed by atoms with E-state index in [1.165, 1.54) is 12.3 Å². The van der Waals surface area contributed by atoms with Crippen LogP contribution in [-0.2, 0) is 0 Å². The fourth-order valence-electron chi connectivity index (χ4n) is 4.26. The molecule has 5 rings (SSSR count). The lowest BCUT2D eigenvalue weighted by Gasteiger charge is -2.46. The fourth-order valence-corrected chi connectivity index (χ4v) is 4.26. The van der Waals surface area contributed by atoms with E-state index in [1.807, 2.05) is 6.92 Å². The fraction of sp³-hybridized carbons (Fsp3) is 0.455. The van der Waals surface area contributed by atoms with Crippen LogP contribution in [0.15, 0.2) is 24.7 Å². The van der Waals surface area contributed by atoms with Gasteiger partial charge in [-0.1, -0.05) is 0 Å². The minimum absolute atomic E-state index is 0.196. The number of carbonyl (C=O) groups excluding carboxylic acids is 1. The summed E-state index contributed by atoms with van der Waals surface area (Å²) in [5.74, 6) is -0.231. The molecule has 3 aromatic heterocycles. The van der Waals surface area contributed by atoms with E-state index >= 15 is 0 Å². The molecule has 2 fully saturated rings. The Bertz CT molecular complexity index is 1170. The van der Waals surface area contributed by atoms with Crippen LogP contribution >= 0.6 is 0 Å². The van der Waals surface area contributed by atoms with Gasteiger partial charge < -0.3 is 24.7 Å². The Morgan fingerprint density at radius 2 is 2.06 bits per heavy atom. The number of nitrogens with zero attached hydrogens (tertiary/aromatic N) is 6. The molecule has 2 aliphatic rings. The van der Waals surface area contributed by atoms with Crippen LogP contribution in [0.1, 0.15) is 23.0 Å². The lowest BCUT2D eigenvalue weighted by molar-refractivity contribution is 0.102. The summed E-state index contributed by atoms with van der Waals surface area (Å²) in [6.45, 7) is 9.79. The summed E-state index contributed by atoms with van der Waals surface area (Å²) in [4.78, 5) is 30.6. The highest BCUT2D eigenvalue weighted by Gasteiger charge is 2.34. The van der Waals surface area contributed by atoms with Gasteiger partial charge in [-0.15, -0.1) is 0 Å². The normalized spacial score (nSPS) is 17.2. The van der Waals surface area contributed by atoms with Crippen LogP contribution in [0.4, 0.5) is 16.0 Å². The van der Waals surface area contributed by atoms with E-state index in [0.717, 1.165) is 39.3 Å². The third-order valence-electron chi connectivity index (χ3n) is 5.96. The van der Waals surface area contributed by atoms with Crippen LogP contribution in [-0.4, -0.2) is 82.1 Å². The third kappa shape index (κ3) is 4.33. The van der Waals surface area contributed by atoms with E-state index < -0.39 is 11.7 Å². The van der Waals surface area contributed by atoms with Crippen LogP contribution in [0.2, 0.25) is 0 Å². The number of pyridine rings is 1. The van der Waals surface area contributed by atoms with Crippen molar-refractivity contribution in [1.29, 1.82) is 0 Å². The van der Waals surface area contributed by atoms with Crippen LogP contribution in [0.3, 0.4) is 0 Å². The molecular formula is C22H27FN8O2. The van der Waals surface area contributed by atoms with Crippen molar-refractivity contribution in [2.45, 2.75) is 19.9 Å². The molecule has 0 unspecified atom stereocenters. The number of hydrogen-bond acceptors (Lipinski definition) is 8. The molecule has 5 heterocycles. The van der Waals surface area contributed by atoms with E-state index in [-0.39, 0.29) is 17.1 Å². The number of fused-ring (bicyclic) bond motifs is 1. The zero-order chi connectivity index (χ0) is 22.9. The number of piperazine rings is 1. The number of anilines is 2. The predicted octanol–water partition coefficient (Wildman–Crippen LogP) is 1.32.